The summed E-state index contributed by atoms with van der Waals surface area (Å²) in [5.74, 6) is 0.105. The van der Waals surface area contributed by atoms with E-state index in [1.165, 1.54) is 4.31 Å². The zero-order valence-corrected chi connectivity index (χ0v) is 19.0. The largest absolute Gasteiger partial charge is 0.310 e. The SMILES string of the molecule is CCn1c(=O)sc2cc(S(=O)(=O)N3CCC(C(=O)Nc4cccc(C)n4)CC3)ccc21. The average molecular weight is 461 g/mol. The summed E-state index contributed by atoms with van der Waals surface area (Å²) >= 11 is 1.05. The van der Waals surface area contributed by atoms with Crippen LogP contribution in [0.15, 0.2) is 46.1 Å². The number of sulfonamides is 1. The van der Waals surface area contributed by atoms with Crippen molar-refractivity contribution in [2.24, 2.45) is 5.92 Å². The molecule has 1 amide bonds. The number of pyridine rings is 1. The van der Waals surface area contributed by atoms with Crippen LogP contribution in [0.3, 0.4) is 0 Å². The molecule has 1 aliphatic heterocycles. The van der Waals surface area contributed by atoms with Gasteiger partial charge in [0.15, 0.2) is 0 Å². The van der Waals surface area contributed by atoms with Gasteiger partial charge < -0.3 is 5.32 Å². The van der Waals surface area contributed by atoms with Gasteiger partial charge in [0.1, 0.15) is 5.82 Å². The number of fused-ring (bicyclic) bond motifs is 1. The fourth-order valence-corrected chi connectivity index (χ4v) is 6.42. The molecule has 1 N–H and O–H groups in total. The predicted molar refractivity (Wildman–Crippen MR) is 121 cm³/mol. The minimum Gasteiger partial charge on any atom is -0.310 e. The van der Waals surface area contributed by atoms with Crippen LogP contribution in [0.5, 0.6) is 0 Å². The Morgan fingerprint density at radius 1 is 1.23 bits per heavy atom. The molecule has 0 saturated carbocycles. The predicted octanol–water partition coefficient (Wildman–Crippen LogP) is 2.83. The van der Waals surface area contributed by atoms with Crippen LogP contribution in [-0.2, 0) is 21.4 Å². The normalized spacial score (nSPS) is 15.9. The van der Waals surface area contributed by atoms with Crippen LogP contribution >= 0.6 is 11.3 Å². The number of amides is 1. The van der Waals surface area contributed by atoms with E-state index in [0.29, 0.717) is 29.9 Å². The smallest absolute Gasteiger partial charge is 0.308 e. The Morgan fingerprint density at radius 2 is 1.97 bits per heavy atom. The van der Waals surface area contributed by atoms with Crippen molar-refractivity contribution >= 4 is 43.3 Å². The molecule has 0 spiro atoms. The standard InChI is InChI=1S/C21H24N4O4S2/c1-3-25-17-8-7-16(13-18(17)30-21(25)27)31(28,29)24-11-9-15(10-12-24)20(26)23-19-6-4-5-14(2)22-19/h4-8,13,15H,3,9-12H2,1-2H3,(H,22,23,26). The number of nitrogens with one attached hydrogen (secondary N) is 1. The molecule has 8 nitrogen and oxygen atoms in total. The highest BCUT2D eigenvalue weighted by Gasteiger charge is 2.32. The quantitative estimate of drug-likeness (QED) is 0.631. The van der Waals surface area contributed by atoms with Crippen LogP contribution in [-0.4, -0.2) is 41.3 Å². The van der Waals surface area contributed by atoms with Gasteiger partial charge in [0.25, 0.3) is 0 Å². The second-order valence-electron chi connectivity index (χ2n) is 7.57. The van der Waals surface area contributed by atoms with Gasteiger partial charge in [-0.1, -0.05) is 17.4 Å². The lowest BCUT2D eigenvalue weighted by Gasteiger charge is -2.30. The van der Waals surface area contributed by atoms with Crippen LogP contribution in [0, 0.1) is 12.8 Å². The minimum atomic E-state index is -3.69. The molecule has 4 rings (SSSR count). The Hall–Kier alpha value is -2.56. The lowest BCUT2D eigenvalue weighted by atomic mass is 9.97. The average Bonchev–Trinajstić information content (AvgIpc) is 3.07. The number of carbonyl (C=O) groups is 1. The van der Waals surface area contributed by atoms with Gasteiger partial charge in [-0.25, -0.2) is 13.4 Å². The van der Waals surface area contributed by atoms with Crippen LogP contribution in [0.1, 0.15) is 25.5 Å². The zero-order chi connectivity index (χ0) is 22.2. The van der Waals surface area contributed by atoms with Gasteiger partial charge in [-0.15, -0.1) is 0 Å². The summed E-state index contributed by atoms with van der Waals surface area (Å²) in [5, 5.41) is 2.82. The molecule has 164 valence electrons. The molecule has 31 heavy (non-hydrogen) atoms. The van der Waals surface area contributed by atoms with Gasteiger partial charge >= 0.3 is 4.87 Å². The number of hydrogen-bond donors (Lipinski definition) is 1. The molecular formula is C21H24N4O4S2. The summed E-state index contributed by atoms with van der Waals surface area (Å²) < 4.78 is 30.0. The number of carbonyl (C=O) groups excluding carboxylic acids is 1. The highest BCUT2D eigenvalue weighted by atomic mass is 32.2. The maximum Gasteiger partial charge on any atom is 0.308 e. The van der Waals surface area contributed by atoms with E-state index < -0.39 is 10.0 Å². The summed E-state index contributed by atoms with van der Waals surface area (Å²) in [6.07, 6.45) is 0.886. The summed E-state index contributed by atoms with van der Waals surface area (Å²) in [7, 11) is -3.69. The maximum absolute atomic E-state index is 13.1. The van der Waals surface area contributed by atoms with E-state index in [4.69, 9.17) is 0 Å². The van der Waals surface area contributed by atoms with Crippen molar-refractivity contribution in [2.45, 2.75) is 38.1 Å². The number of aryl methyl sites for hydroxylation is 2. The highest BCUT2D eigenvalue weighted by molar-refractivity contribution is 7.89. The molecule has 0 unspecified atom stereocenters. The van der Waals surface area contributed by atoms with E-state index in [2.05, 4.69) is 10.3 Å². The number of rotatable bonds is 5. The van der Waals surface area contributed by atoms with E-state index in [-0.39, 0.29) is 34.7 Å². The fraction of sp³-hybridized carbons (Fsp3) is 0.381. The molecule has 1 fully saturated rings. The second-order valence-corrected chi connectivity index (χ2v) is 10.5. The Morgan fingerprint density at radius 3 is 2.65 bits per heavy atom. The first-order valence-corrected chi connectivity index (χ1v) is 12.4. The third kappa shape index (κ3) is 4.28. The second kappa shape index (κ2) is 8.52. The van der Waals surface area contributed by atoms with Gasteiger partial charge in [0.2, 0.25) is 15.9 Å². The molecule has 1 aromatic carbocycles. The molecule has 0 bridgehead atoms. The molecule has 1 aliphatic rings. The van der Waals surface area contributed by atoms with E-state index in [1.54, 1.807) is 28.8 Å². The van der Waals surface area contributed by atoms with E-state index in [9.17, 15) is 18.0 Å². The molecule has 2 aromatic heterocycles. The van der Waals surface area contributed by atoms with Gasteiger partial charge in [0, 0.05) is 31.2 Å². The topological polar surface area (TPSA) is 101 Å². The van der Waals surface area contributed by atoms with Crippen molar-refractivity contribution in [3.8, 4) is 0 Å². The molecule has 0 aliphatic carbocycles. The monoisotopic (exact) mass is 460 g/mol. The molecule has 3 aromatic rings. The Labute approximate surface area is 184 Å². The van der Waals surface area contributed by atoms with Crippen LogP contribution in [0.4, 0.5) is 5.82 Å². The van der Waals surface area contributed by atoms with Crippen molar-refractivity contribution < 1.29 is 13.2 Å². The van der Waals surface area contributed by atoms with Gasteiger partial charge in [-0.3, -0.25) is 14.2 Å². The van der Waals surface area contributed by atoms with Crippen molar-refractivity contribution in [1.82, 2.24) is 13.9 Å². The Balaban J connectivity index is 1.46. The van der Waals surface area contributed by atoms with Gasteiger partial charge in [0.05, 0.1) is 15.1 Å². The first-order valence-electron chi connectivity index (χ1n) is 10.2. The highest BCUT2D eigenvalue weighted by Crippen LogP contribution is 2.27. The Kier molecular flexibility index (Phi) is 5.96. The van der Waals surface area contributed by atoms with Gasteiger partial charge in [-0.2, -0.15) is 4.31 Å². The van der Waals surface area contributed by atoms with Gasteiger partial charge in [-0.05, 0) is 57.0 Å². The maximum atomic E-state index is 13.1. The number of anilines is 1. The Bertz CT molecular complexity index is 1290. The summed E-state index contributed by atoms with van der Waals surface area (Å²) in [4.78, 5) is 29.0. The minimum absolute atomic E-state index is 0.0954. The molecule has 3 heterocycles. The number of aromatic nitrogens is 2. The summed E-state index contributed by atoms with van der Waals surface area (Å²) in [6.45, 7) is 4.82. The van der Waals surface area contributed by atoms with E-state index >= 15 is 0 Å². The lowest BCUT2D eigenvalue weighted by Crippen LogP contribution is -2.41. The van der Waals surface area contributed by atoms with Crippen LogP contribution in [0.25, 0.3) is 10.2 Å². The van der Waals surface area contributed by atoms with Crippen molar-refractivity contribution in [1.29, 1.82) is 0 Å². The lowest BCUT2D eigenvalue weighted by molar-refractivity contribution is -0.120. The summed E-state index contributed by atoms with van der Waals surface area (Å²) in [5.41, 5.74) is 1.56. The third-order valence-electron chi connectivity index (χ3n) is 5.56. The molecule has 1 saturated heterocycles. The number of hydrogen-bond acceptors (Lipinski definition) is 6. The van der Waals surface area contributed by atoms with Crippen molar-refractivity contribution in [3.63, 3.8) is 0 Å². The first-order chi connectivity index (χ1) is 14.8. The molecule has 0 radical (unpaired) electrons. The first kappa shape index (κ1) is 21.7. The molecular weight excluding hydrogens is 436 g/mol. The molecule has 0 atom stereocenters. The number of benzene rings is 1. The zero-order valence-electron chi connectivity index (χ0n) is 17.4. The molecule has 10 heteroatoms. The summed E-state index contributed by atoms with van der Waals surface area (Å²) in [6, 6.07) is 10.2. The third-order valence-corrected chi connectivity index (χ3v) is 8.39. The van der Waals surface area contributed by atoms with Crippen LogP contribution in [0.2, 0.25) is 0 Å². The number of nitrogens with zero attached hydrogens (tertiary/aromatic N) is 3. The fourth-order valence-electron chi connectivity index (χ4n) is 3.85. The van der Waals surface area contributed by atoms with Crippen molar-refractivity contribution in [3.05, 3.63) is 51.8 Å². The van der Waals surface area contributed by atoms with E-state index in [1.807, 2.05) is 26.0 Å². The van der Waals surface area contributed by atoms with E-state index in [0.717, 1.165) is 22.5 Å². The van der Waals surface area contributed by atoms with Crippen molar-refractivity contribution in [2.75, 3.05) is 18.4 Å². The number of piperidine rings is 1. The van der Waals surface area contributed by atoms with Crippen LogP contribution < -0.4 is 10.2 Å². The number of thiazole rings is 1.